The number of furan rings is 1. The molecule has 1 saturated carbocycles. The molecule has 0 amide bonds. The highest BCUT2D eigenvalue weighted by atomic mass is 79.9. The maximum absolute atomic E-state index is 13.5. The van der Waals surface area contributed by atoms with E-state index in [0.717, 1.165) is 36.0 Å². The van der Waals surface area contributed by atoms with Crippen LogP contribution in [0.3, 0.4) is 0 Å². The van der Waals surface area contributed by atoms with Crippen molar-refractivity contribution in [2.24, 2.45) is 5.73 Å². The largest absolute Gasteiger partial charge is 0.462 e. The number of halogens is 2. The Balaban J connectivity index is 1.71. The van der Waals surface area contributed by atoms with E-state index < -0.39 is 6.67 Å². The lowest BCUT2D eigenvalue weighted by atomic mass is 9.72. The predicted octanol–water partition coefficient (Wildman–Crippen LogP) is 6.00. The predicted molar refractivity (Wildman–Crippen MR) is 125 cm³/mol. The summed E-state index contributed by atoms with van der Waals surface area (Å²) in [7, 11) is 0. The fourth-order valence-electron chi connectivity index (χ4n) is 4.41. The molecule has 31 heavy (non-hydrogen) atoms. The summed E-state index contributed by atoms with van der Waals surface area (Å²) in [5.74, 6) is 0. The molecule has 2 N–H and O–H groups in total. The van der Waals surface area contributed by atoms with Crippen molar-refractivity contribution in [2.45, 2.75) is 31.3 Å². The number of hydrogen-bond donors (Lipinski definition) is 1. The van der Waals surface area contributed by atoms with E-state index in [2.05, 4.69) is 15.9 Å². The molecular formula is C25H22BrFN2O2. The number of fused-ring (bicyclic) bond motifs is 1. The third kappa shape index (κ3) is 3.25. The Labute approximate surface area is 187 Å². The van der Waals surface area contributed by atoms with Crippen LogP contribution in [0.1, 0.15) is 24.8 Å². The molecule has 0 unspecified atom stereocenters. The smallest absolute Gasteiger partial charge is 0.263 e. The van der Waals surface area contributed by atoms with Crippen molar-refractivity contribution in [1.29, 1.82) is 0 Å². The van der Waals surface area contributed by atoms with Gasteiger partial charge in [-0.15, -0.1) is 0 Å². The molecule has 0 saturated heterocycles. The second-order valence-electron chi connectivity index (χ2n) is 8.11. The molecule has 2 aromatic heterocycles. The summed E-state index contributed by atoms with van der Waals surface area (Å²) in [6.45, 7) is -0.682. The molecule has 1 fully saturated rings. The van der Waals surface area contributed by atoms with Crippen molar-refractivity contribution in [1.82, 2.24) is 4.57 Å². The minimum atomic E-state index is -0.645. The Morgan fingerprint density at radius 2 is 1.77 bits per heavy atom. The number of aromatic nitrogens is 1. The monoisotopic (exact) mass is 480 g/mol. The van der Waals surface area contributed by atoms with Crippen LogP contribution in [-0.2, 0) is 12.1 Å². The SMILES string of the molecule is NC1(c2ccc(-c3c(Br)c4occ(-c5ccccc5)c4c(=O)n3CCF)cc2)CCC1. The molecule has 1 aliphatic carbocycles. The van der Waals surface area contributed by atoms with Gasteiger partial charge in [-0.2, -0.15) is 0 Å². The lowest BCUT2D eigenvalue weighted by Gasteiger charge is -2.38. The quantitative estimate of drug-likeness (QED) is 0.381. The first-order chi connectivity index (χ1) is 15.0. The van der Waals surface area contributed by atoms with Gasteiger partial charge in [0.1, 0.15) is 6.67 Å². The number of hydrogen-bond acceptors (Lipinski definition) is 3. The van der Waals surface area contributed by atoms with Crippen molar-refractivity contribution >= 4 is 26.9 Å². The summed E-state index contributed by atoms with van der Waals surface area (Å²) in [4.78, 5) is 13.5. The van der Waals surface area contributed by atoms with Gasteiger partial charge in [0.05, 0.1) is 28.4 Å². The van der Waals surface area contributed by atoms with Crippen LogP contribution in [-0.4, -0.2) is 11.2 Å². The van der Waals surface area contributed by atoms with E-state index >= 15 is 0 Å². The van der Waals surface area contributed by atoms with Gasteiger partial charge in [0.2, 0.25) is 0 Å². The Kier molecular flexibility index (Phi) is 5.07. The zero-order valence-corrected chi connectivity index (χ0v) is 18.5. The maximum atomic E-state index is 13.5. The second kappa shape index (κ2) is 7.77. The average Bonchev–Trinajstić information content (AvgIpc) is 3.23. The van der Waals surface area contributed by atoms with E-state index in [0.29, 0.717) is 26.7 Å². The molecule has 0 atom stereocenters. The summed E-state index contributed by atoms with van der Waals surface area (Å²) >= 11 is 3.64. The molecule has 2 heterocycles. The van der Waals surface area contributed by atoms with E-state index in [1.165, 1.54) is 4.57 Å². The zero-order chi connectivity index (χ0) is 21.6. The number of nitrogens with two attached hydrogens (primary N) is 1. The van der Waals surface area contributed by atoms with Gasteiger partial charge in [0.25, 0.3) is 5.56 Å². The van der Waals surface area contributed by atoms with E-state index in [1.807, 2.05) is 54.6 Å². The molecule has 6 heteroatoms. The van der Waals surface area contributed by atoms with Crippen LogP contribution in [0.4, 0.5) is 4.39 Å². The van der Waals surface area contributed by atoms with Crippen LogP contribution in [0, 0.1) is 0 Å². The molecule has 5 rings (SSSR count). The summed E-state index contributed by atoms with van der Waals surface area (Å²) in [6, 6.07) is 17.5. The fourth-order valence-corrected chi connectivity index (χ4v) is 5.15. The highest BCUT2D eigenvalue weighted by molar-refractivity contribution is 9.10. The van der Waals surface area contributed by atoms with Gasteiger partial charge in [-0.3, -0.25) is 4.79 Å². The minimum Gasteiger partial charge on any atom is -0.462 e. The molecule has 4 nitrogen and oxygen atoms in total. The molecule has 1 aliphatic rings. The summed E-state index contributed by atoms with van der Waals surface area (Å²) in [5, 5.41) is 0.447. The van der Waals surface area contributed by atoms with Crippen molar-refractivity contribution in [3.8, 4) is 22.4 Å². The zero-order valence-electron chi connectivity index (χ0n) is 16.9. The highest BCUT2D eigenvalue weighted by Gasteiger charge is 2.34. The lowest BCUT2D eigenvalue weighted by molar-refractivity contribution is 0.253. The first-order valence-corrected chi connectivity index (χ1v) is 11.2. The van der Waals surface area contributed by atoms with E-state index in [-0.39, 0.29) is 17.6 Å². The number of pyridine rings is 1. The van der Waals surface area contributed by atoms with E-state index in [9.17, 15) is 9.18 Å². The van der Waals surface area contributed by atoms with Gasteiger partial charge >= 0.3 is 0 Å². The van der Waals surface area contributed by atoms with E-state index in [1.54, 1.807) is 6.26 Å². The number of rotatable bonds is 5. The topological polar surface area (TPSA) is 61.2 Å². The standard InChI is InChI=1S/C25H22BrFN2O2/c26-21-22(17-7-9-18(10-8-17)25(28)11-4-12-25)29(14-13-27)24(30)20-19(15-31-23(20)21)16-5-2-1-3-6-16/h1-3,5-10,15H,4,11-14,28H2. The van der Waals surface area contributed by atoms with Gasteiger partial charge in [0.15, 0.2) is 5.58 Å². The third-order valence-electron chi connectivity index (χ3n) is 6.30. The summed E-state index contributed by atoms with van der Waals surface area (Å²) in [6.07, 6.45) is 4.68. The van der Waals surface area contributed by atoms with Gasteiger partial charge < -0.3 is 14.7 Å². The van der Waals surface area contributed by atoms with Crippen LogP contribution >= 0.6 is 15.9 Å². The Hall–Kier alpha value is -2.70. The molecule has 2 aromatic carbocycles. The molecule has 4 aromatic rings. The Morgan fingerprint density at radius 1 is 1.06 bits per heavy atom. The Morgan fingerprint density at radius 3 is 2.39 bits per heavy atom. The molecular weight excluding hydrogens is 459 g/mol. The van der Waals surface area contributed by atoms with Crippen LogP contribution < -0.4 is 11.3 Å². The van der Waals surface area contributed by atoms with Gasteiger partial charge in [-0.1, -0.05) is 54.6 Å². The molecule has 0 radical (unpaired) electrons. The van der Waals surface area contributed by atoms with Gasteiger partial charge in [-0.05, 0) is 51.9 Å². The molecule has 0 bridgehead atoms. The van der Waals surface area contributed by atoms with Crippen molar-refractivity contribution in [2.75, 3.05) is 6.67 Å². The average molecular weight is 481 g/mol. The van der Waals surface area contributed by atoms with E-state index in [4.69, 9.17) is 10.2 Å². The number of nitrogens with zero attached hydrogens (tertiary/aromatic N) is 1. The first-order valence-electron chi connectivity index (χ1n) is 10.4. The number of alkyl halides is 1. The van der Waals surface area contributed by atoms with Gasteiger partial charge in [0, 0.05) is 11.1 Å². The number of benzene rings is 2. The van der Waals surface area contributed by atoms with Crippen LogP contribution in [0.15, 0.2) is 74.5 Å². The van der Waals surface area contributed by atoms with Gasteiger partial charge in [-0.25, -0.2) is 4.39 Å². The normalized spacial score (nSPS) is 15.2. The van der Waals surface area contributed by atoms with Crippen molar-refractivity contribution in [3.63, 3.8) is 0 Å². The first kappa shape index (κ1) is 20.2. The third-order valence-corrected chi connectivity index (χ3v) is 7.03. The second-order valence-corrected chi connectivity index (χ2v) is 8.91. The van der Waals surface area contributed by atoms with Crippen molar-refractivity contribution < 1.29 is 8.81 Å². The molecule has 158 valence electrons. The highest BCUT2D eigenvalue weighted by Crippen LogP contribution is 2.41. The fraction of sp³-hybridized carbons (Fsp3) is 0.240. The van der Waals surface area contributed by atoms with Crippen molar-refractivity contribution in [3.05, 3.63) is 81.3 Å². The summed E-state index contributed by atoms with van der Waals surface area (Å²) in [5.41, 5.74) is 10.5. The molecule has 0 aliphatic heterocycles. The lowest BCUT2D eigenvalue weighted by Crippen LogP contribution is -2.43. The molecule has 0 spiro atoms. The Bertz CT molecular complexity index is 1310. The summed E-state index contributed by atoms with van der Waals surface area (Å²) < 4.78 is 21.5. The van der Waals surface area contributed by atoms with Crippen LogP contribution in [0.5, 0.6) is 0 Å². The van der Waals surface area contributed by atoms with Crippen LogP contribution in [0.25, 0.3) is 33.4 Å². The minimum absolute atomic E-state index is 0.0370. The van der Waals surface area contributed by atoms with Crippen LogP contribution in [0.2, 0.25) is 0 Å². The maximum Gasteiger partial charge on any atom is 0.263 e.